The number of halogens is 2. The topological polar surface area (TPSA) is 66.9 Å². The fourth-order valence-electron chi connectivity index (χ4n) is 2.31. The molecule has 3 rings (SSSR count). The van der Waals surface area contributed by atoms with Gasteiger partial charge in [-0.05, 0) is 59.9 Å². The number of piperidine rings is 1. The lowest BCUT2D eigenvalue weighted by Crippen LogP contribution is -2.26. The Morgan fingerprint density at radius 1 is 1.27 bits per heavy atom. The fourth-order valence-corrected chi connectivity index (χ4v) is 3.53. The molecule has 2 aromatic heterocycles. The Morgan fingerprint density at radius 3 is 2.73 bits per heavy atom. The van der Waals surface area contributed by atoms with Crippen LogP contribution in [0.5, 0.6) is 0 Å². The van der Waals surface area contributed by atoms with Gasteiger partial charge in [0.2, 0.25) is 0 Å². The highest BCUT2D eigenvalue weighted by Crippen LogP contribution is 2.31. The van der Waals surface area contributed by atoms with Gasteiger partial charge in [-0.1, -0.05) is 0 Å². The number of carbonyl (C=O) groups excluding carboxylic acids is 1. The average Bonchev–Trinajstić information content (AvgIpc) is 2.97. The molecule has 0 spiro atoms. The number of thiazole rings is 1. The highest BCUT2D eigenvalue weighted by molar-refractivity contribution is 9.10. The first kappa shape index (κ1) is 17.3. The van der Waals surface area contributed by atoms with E-state index in [4.69, 9.17) is 0 Å². The van der Waals surface area contributed by atoms with Crippen LogP contribution in [0.1, 0.15) is 34.1 Å². The molecule has 22 heavy (non-hydrogen) atoms. The van der Waals surface area contributed by atoms with Gasteiger partial charge in [0.05, 0.1) is 0 Å². The summed E-state index contributed by atoms with van der Waals surface area (Å²) in [6.45, 7) is 2.10. The molecule has 1 aliphatic heterocycles. The van der Waals surface area contributed by atoms with Gasteiger partial charge < -0.3 is 5.32 Å². The fraction of sp³-hybridized carbons (Fsp3) is 0.357. The number of nitrogens with one attached hydrogen (secondary N) is 2. The molecular weight excluding hydrogens is 388 g/mol. The molecule has 118 valence electrons. The van der Waals surface area contributed by atoms with E-state index in [0.29, 0.717) is 16.7 Å². The predicted molar refractivity (Wildman–Crippen MR) is 94.1 cm³/mol. The summed E-state index contributed by atoms with van der Waals surface area (Å²) in [6, 6.07) is 3.48. The predicted octanol–water partition coefficient (Wildman–Crippen LogP) is 3.44. The zero-order chi connectivity index (χ0) is 14.7. The van der Waals surface area contributed by atoms with E-state index in [1.807, 2.05) is 6.20 Å². The molecule has 1 saturated heterocycles. The van der Waals surface area contributed by atoms with Crippen LogP contribution in [0.25, 0.3) is 0 Å². The van der Waals surface area contributed by atoms with E-state index in [-0.39, 0.29) is 18.3 Å². The zero-order valence-corrected chi connectivity index (χ0v) is 14.9. The minimum Gasteiger partial charge on any atom is -0.317 e. The van der Waals surface area contributed by atoms with Crippen LogP contribution < -0.4 is 10.6 Å². The van der Waals surface area contributed by atoms with Gasteiger partial charge in [0, 0.05) is 21.7 Å². The Bertz CT molecular complexity index is 628. The lowest BCUT2D eigenvalue weighted by atomic mass is 9.97. The van der Waals surface area contributed by atoms with Crippen molar-refractivity contribution < 1.29 is 4.79 Å². The van der Waals surface area contributed by atoms with Crippen LogP contribution in [0.3, 0.4) is 0 Å². The number of hydrogen-bond donors (Lipinski definition) is 2. The maximum atomic E-state index is 12.1. The van der Waals surface area contributed by atoms with E-state index < -0.39 is 0 Å². The summed E-state index contributed by atoms with van der Waals surface area (Å²) in [6.07, 6.45) is 5.75. The second-order valence-corrected chi connectivity index (χ2v) is 6.89. The number of hydrogen-bond acceptors (Lipinski definition) is 5. The molecule has 0 saturated carbocycles. The molecule has 1 amide bonds. The van der Waals surface area contributed by atoms with E-state index in [1.54, 1.807) is 29.7 Å². The number of carbonyl (C=O) groups is 1. The van der Waals surface area contributed by atoms with Crippen LogP contribution in [0, 0.1) is 0 Å². The molecule has 0 radical (unpaired) electrons. The summed E-state index contributed by atoms with van der Waals surface area (Å²) >= 11 is 4.86. The molecule has 0 bridgehead atoms. The van der Waals surface area contributed by atoms with E-state index in [2.05, 4.69) is 36.5 Å². The molecule has 0 aliphatic carbocycles. The molecule has 1 fully saturated rings. The van der Waals surface area contributed by atoms with E-state index in [9.17, 15) is 4.79 Å². The van der Waals surface area contributed by atoms with Gasteiger partial charge in [0.15, 0.2) is 5.13 Å². The second-order valence-electron chi connectivity index (χ2n) is 4.91. The van der Waals surface area contributed by atoms with Crippen molar-refractivity contribution in [3.05, 3.63) is 39.6 Å². The third-order valence-corrected chi connectivity index (χ3v) is 4.99. The van der Waals surface area contributed by atoms with Gasteiger partial charge in [0.1, 0.15) is 5.69 Å². The van der Waals surface area contributed by atoms with Crippen molar-refractivity contribution >= 4 is 50.7 Å². The Kier molecular flexibility index (Phi) is 6.31. The van der Waals surface area contributed by atoms with E-state index in [0.717, 1.165) is 30.4 Å². The van der Waals surface area contributed by atoms with Crippen LogP contribution in [0.15, 0.2) is 29.0 Å². The van der Waals surface area contributed by atoms with Gasteiger partial charge >= 0.3 is 0 Å². The maximum absolute atomic E-state index is 12.1. The number of aromatic nitrogens is 2. The molecule has 2 aromatic rings. The van der Waals surface area contributed by atoms with Crippen molar-refractivity contribution in [1.29, 1.82) is 0 Å². The second kappa shape index (κ2) is 8.01. The normalized spacial score (nSPS) is 15.1. The minimum atomic E-state index is -0.228. The van der Waals surface area contributed by atoms with Crippen molar-refractivity contribution in [3.63, 3.8) is 0 Å². The third kappa shape index (κ3) is 4.25. The molecule has 2 N–H and O–H groups in total. The van der Waals surface area contributed by atoms with Gasteiger partial charge in [-0.25, -0.2) is 9.97 Å². The standard InChI is InChI=1S/C14H15BrN4OS.ClH/c15-10-1-2-11(17-7-10)13(20)19-14-18-8-12(21-14)9-3-5-16-6-4-9;/h1-2,7-9,16H,3-6H2,(H,18,19,20);1H. The number of nitrogens with zero attached hydrogens (tertiary/aromatic N) is 2. The van der Waals surface area contributed by atoms with Gasteiger partial charge in [-0.15, -0.1) is 23.7 Å². The molecule has 1 aliphatic rings. The smallest absolute Gasteiger partial charge is 0.276 e. The van der Waals surface area contributed by atoms with Gasteiger partial charge in [-0.3, -0.25) is 10.1 Å². The molecule has 5 nitrogen and oxygen atoms in total. The first-order valence-corrected chi connectivity index (χ1v) is 8.42. The maximum Gasteiger partial charge on any atom is 0.276 e. The van der Waals surface area contributed by atoms with Crippen molar-refractivity contribution in [2.75, 3.05) is 18.4 Å². The highest BCUT2D eigenvalue weighted by Gasteiger charge is 2.18. The average molecular weight is 404 g/mol. The summed E-state index contributed by atoms with van der Waals surface area (Å²) in [4.78, 5) is 21.7. The number of amides is 1. The number of anilines is 1. The zero-order valence-electron chi connectivity index (χ0n) is 11.7. The molecular formula is C14H16BrClN4OS. The summed E-state index contributed by atoms with van der Waals surface area (Å²) in [5.41, 5.74) is 0.386. The molecule has 3 heterocycles. The minimum absolute atomic E-state index is 0. The number of rotatable bonds is 3. The Hall–Kier alpha value is -1.02. The first-order chi connectivity index (χ1) is 10.2. The van der Waals surface area contributed by atoms with Crippen LogP contribution >= 0.6 is 39.7 Å². The van der Waals surface area contributed by atoms with Crippen LogP contribution in [-0.2, 0) is 0 Å². The van der Waals surface area contributed by atoms with Crippen molar-refractivity contribution in [2.24, 2.45) is 0 Å². The molecule has 8 heteroatoms. The van der Waals surface area contributed by atoms with Crippen molar-refractivity contribution in [1.82, 2.24) is 15.3 Å². The lowest BCUT2D eigenvalue weighted by molar-refractivity contribution is 0.102. The van der Waals surface area contributed by atoms with E-state index >= 15 is 0 Å². The van der Waals surface area contributed by atoms with Crippen LogP contribution in [0.2, 0.25) is 0 Å². The quantitative estimate of drug-likeness (QED) is 0.824. The van der Waals surface area contributed by atoms with Crippen molar-refractivity contribution in [2.45, 2.75) is 18.8 Å². The molecule has 0 atom stereocenters. The summed E-state index contributed by atoms with van der Waals surface area (Å²) in [5, 5.41) is 6.80. The highest BCUT2D eigenvalue weighted by atomic mass is 79.9. The summed E-state index contributed by atoms with van der Waals surface area (Å²) in [7, 11) is 0. The monoisotopic (exact) mass is 402 g/mol. The summed E-state index contributed by atoms with van der Waals surface area (Å²) in [5.74, 6) is 0.328. The largest absolute Gasteiger partial charge is 0.317 e. The Labute approximate surface area is 147 Å². The summed E-state index contributed by atoms with van der Waals surface area (Å²) < 4.78 is 0.849. The Morgan fingerprint density at radius 2 is 2.05 bits per heavy atom. The van der Waals surface area contributed by atoms with Crippen molar-refractivity contribution in [3.8, 4) is 0 Å². The SMILES string of the molecule is Cl.O=C(Nc1ncc(C2CCNCC2)s1)c1ccc(Br)cn1. The molecule has 0 aromatic carbocycles. The number of pyridine rings is 1. The van der Waals surface area contributed by atoms with Gasteiger partial charge in [-0.2, -0.15) is 0 Å². The third-order valence-electron chi connectivity index (χ3n) is 3.45. The lowest BCUT2D eigenvalue weighted by Gasteiger charge is -2.20. The van der Waals surface area contributed by atoms with Gasteiger partial charge in [0.25, 0.3) is 5.91 Å². The van der Waals surface area contributed by atoms with Crippen LogP contribution in [-0.4, -0.2) is 29.0 Å². The first-order valence-electron chi connectivity index (χ1n) is 6.82. The molecule has 0 unspecified atom stereocenters. The van der Waals surface area contributed by atoms with E-state index in [1.165, 1.54) is 4.88 Å². The Balaban J connectivity index is 0.00000176. The van der Waals surface area contributed by atoms with Crippen LogP contribution in [0.4, 0.5) is 5.13 Å².